The molecule has 0 saturated heterocycles. The summed E-state index contributed by atoms with van der Waals surface area (Å²) in [6.45, 7) is 8.36. The van der Waals surface area contributed by atoms with E-state index in [1.807, 2.05) is 13.0 Å². The molecule has 1 nitrogen and oxygen atoms in total. The minimum Gasteiger partial charge on any atom is -0.494 e. The molecule has 0 aromatic heterocycles. The lowest BCUT2D eigenvalue weighted by molar-refractivity contribution is 0.241. The molecule has 0 amide bonds. The molecule has 9 heavy (non-hydrogen) atoms. The highest BCUT2D eigenvalue weighted by Gasteiger charge is 1.84. The summed E-state index contributed by atoms with van der Waals surface area (Å²) >= 11 is 0. The molecule has 0 aliphatic rings. The smallest absolute Gasteiger partial charge is 0.114 e. The summed E-state index contributed by atoms with van der Waals surface area (Å²) in [6.07, 6.45) is 4.74. The average molecular weight is 126 g/mol. The van der Waals surface area contributed by atoms with Crippen LogP contribution in [0.25, 0.3) is 0 Å². The van der Waals surface area contributed by atoms with Crippen LogP contribution in [0.5, 0.6) is 0 Å². The van der Waals surface area contributed by atoms with Gasteiger partial charge in [0.1, 0.15) is 5.76 Å². The Morgan fingerprint density at radius 3 is 2.56 bits per heavy atom. The second kappa shape index (κ2) is 5.42. The molecule has 0 atom stereocenters. The topological polar surface area (TPSA) is 9.23 Å². The Balaban J connectivity index is 3.66. The van der Waals surface area contributed by atoms with Gasteiger partial charge in [-0.15, -0.1) is 0 Å². The fourth-order valence-electron chi connectivity index (χ4n) is 0.569. The zero-order valence-electron chi connectivity index (χ0n) is 6.18. The average Bonchev–Trinajstić information content (AvgIpc) is 1.88. The molecule has 0 heterocycles. The van der Waals surface area contributed by atoms with Crippen molar-refractivity contribution in [3.05, 3.63) is 24.5 Å². The first-order chi connectivity index (χ1) is 4.35. The Morgan fingerprint density at radius 2 is 2.22 bits per heavy atom. The van der Waals surface area contributed by atoms with Gasteiger partial charge in [-0.2, -0.15) is 0 Å². The van der Waals surface area contributed by atoms with Crippen LogP contribution in [0.1, 0.15) is 20.3 Å². The zero-order valence-corrected chi connectivity index (χ0v) is 6.18. The zero-order chi connectivity index (χ0) is 7.11. The van der Waals surface area contributed by atoms with Gasteiger partial charge in [0, 0.05) is 0 Å². The van der Waals surface area contributed by atoms with Crippen molar-refractivity contribution in [1.82, 2.24) is 0 Å². The van der Waals surface area contributed by atoms with E-state index in [-0.39, 0.29) is 0 Å². The number of ether oxygens (including phenoxy) is 1. The maximum absolute atomic E-state index is 5.17. The van der Waals surface area contributed by atoms with E-state index < -0.39 is 0 Å². The first kappa shape index (κ1) is 8.28. The quantitative estimate of drug-likeness (QED) is 0.415. The van der Waals surface area contributed by atoms with Crippen molar-refractivity contribution in [1.29, 1.82) is 0 Å². The normalized spacial score (nSPS) is 11.1. The molecule has 0 rings (SSSR count). The van der Waals surface area contributed by atoms with E-state index in [2.05, 4.69) is 13.5 Å². The monoisotopic (exact) mass is 126 g/mol. The van der Waals surface area contributed by atoms with E-state index in [0.717, 1.165) is 18.8 Å². The molecule has 0 aromatic carbocycles. The van der Waals surface area contributed by atoms with Gasteiger partial charge in [0.2, 0.25) is 0 Å². The van der Waals surface area contributed by atoms with Crippen LogP contribution in [0, 0.1) is 0 Å². The van der Waals surface area contributed by atoms with Gasteiger partial charge < -0.3 is 4.74 Å². The summed E-state index contributed by atoms with van der Waals surface area (Å²) in [5.41, 5.74) is 0. The third kappa shape index (κ3) is 3.83. The molecule has 0 saturated carbocycles. The van der Waals surface area contributed by atoms with Gasteiger partial charge in [-0.05, 0) is 25.5 Å². The molecule has 0 unspecified atom stereocenters. The van der Waals surface area contributed by atoms with Crippen LogP contribution in [-0.4, -0.2) is 6.61 Å². The lowest BCUT2D eigenvalue weighted by Crippen LogP contribution is -1.86. The van der Waals surface area contributed by atoms with Gasteiger partial charge in [-0.25, -0.2) is 0 Å². The van der Waals surface area contributed by atoms with E-state index in [4.69, 9.17) is 4.74 Å². The Morgan fingerprint density at radius 1 is 1.56 bits per heavy atom. The van der Waals surface area contributed by atoms with Crippen molar-refractivity contribution in [3.8, 4) is 0 Å². The predicted octanol–water partition coefficient (Wildman–Crippen LogP) is 2.50. The number of rotatable bonds is 4. The molecule has 0 bridgehead atoms. The molecule has 0 aromatic rings. The third-order valence-electron chi connectivity index (χ3n) is 0.917. The van der Waals surface area contributed by atoms with Crippen molar-refractivity contribution in [3.63, 3.8) is 0 Å². The highest BCUT2D eigenvalue weighted by atomic mass is 16.5. The Bertz CT molecular complexity index is 103. The van der Waals surface area contributed by atoms with E-state index >= 15 is 0 Å². The fourth-order valence-corrected chi connectivity index (χ4v) is 0.569. The Hall–Kier alpha value is -0.720. The first-order valence-electron chi connectivity index (χ1n) is 3.30. The summed E-state index contributed by atoms with van der Waals surface area (Å²) in [7, 11) is 0. The minimum absolute atomic E-state index is 0.720. The predicted molar refractivity (Wildman–Crippen MR) is 40.2 cm³/mol. The van der Waals surface area contributed by atoms with Gasteiger partial charge in [0.25, 0.3) is 0 Å². The second-order valence-corrected chi connectivity index (χ2v) is 1.65. The summed E-state index contributed by atoms with van der Waals surface area (Å²) in [6, 6.07) is 0. The maximum atomic E-state index is 5.17. The maximum Gasteiger partial charge on any atom is 0.114 e. The van der Waals surface area contributed by atoms with E-state index in [9.17, 15) is 0 Å². The van der Waals surface area contributed by atoms with Crippen molar-refractivity contribution in [2.45, 2.75) is 20.3 Å². The van der Waals surface area contributed by atoms with Gasteiger partial charge in [0.15, 0.2) is 0 Å². The Kier molecular flexibility index (Phi) is 4.98. The Labute approximate surface area is 57.0 Å². The molecule has 52 valence electrons. The fraction of sp³-hybridized carbons (Fsp3) is 0.500. The van der Waals surface area contributed by atoms with E-state index in [0.29, 0.717) is 0 Å². The first-order valence-corrected chi connectivity index (χ1v) is 3.30. The SMILES string of the molecule is C=CC(=CCC)OCC. The van der Waals surface area contributed by atoms with Crippen LogP contribution in [0.4, 0.5) is 0 Å². The molecular formula is C8H14O. The minimum atomic E-state index is 0.720. The van der Waals surface area contributed by atoms with Crippen molar-refractivity contribution >= 4 is 0 Å². The molecule has 1 heteroatoms. The van der Waals surface area contributed by atoms with Crippen LogP contribution in [0.2, 0.25) is 0 Å². The molecule has 0 N–H and O–H groups in total. The summed E-state index contributed by atoms with van der Waals surface area (Å²) < 4.78 is 5.17. The van der Waals surface area contributed by atoms with E-state index in [1.165, 1.54) is 0 Å². The molecule has 0 aliphatic heterocycles. The number of hydrogen-bond acceptors (Lipinski definition) is 1. The highest BCUT2D eigenvalue weighted by Crippen LogP contribution is 1.98. The lowest BCUT2D eigenvalue weighted by atomic mass is 10.4. The van der Waals surface area contributed by atoms with Crippen molar-refractivity contribution in [2.75, 3.05) is 6.61 Å². The lowest BCUT2D eigenvalue weighted by Gasteiger charge is -2.00. The van der Waals surface area contributed by atoms with Gasteiger partial charge in [-0.1, -0.05) is 13.5 Å². The van der Waals surface area contributed by atoms with Crippen LogP contribution in [-0.2, 0) is 4.74 Å². The standard InChI is InChI=1S/C8H14O/c1-4-7-8(5-2)9-6-3/h5,7H,2,4,6H2,1,3H3. The van der Waals surface area contributed by atoms with Crippen LogP contribution < -0.4 is 0 Å². The van der Waals surface area contributed by atoms with Crippen LogP contribution in [0.15, 0.2) is 24.5 Å². The number of allylic oxidation sites excluding steroid dienone is 2. The number of hydrogen-bond donors (Lipinski definition) is 0. The van der Waals surface area contributed by atoms with Crippen LogP contribution >= 0.6 is 0 Å². The van der Waals surface area contributed by atoms with Gasteiger partial charge >= 0.3 is 0 Å². The molecule has 0 radical (unpaired) electrons. The van der Waals surface area contributed by atoms with Gasteiger partial charge in [0.05, 0.1) is 6.61 Å². The highest BCUT2D eigenvalue weighted by molar-refractivity contribution is 5.07. The second-order valence-electron chi connectivity index (χ2n) is 1.65. The van der Waals surface area contributed by atoms with Crippen LogP contribution in [0.3, 0.4) is 0 Å². The largest absolute Gasteiger partial charge is 0.494 e. The van der Waals surface area contributed by atoms with E-state index in [1.54, 1.807) is 6.08 Å². The summed E-state index contributed by atoms with van der Waals surface area (Å²) in [5, 5.41) is 0. The summed E-state index contributed by atoms with van der Waals surface area (Å²) in [5.74, 6) is 0.889. The molecule has 0 aliphatic carbocycles. The molecule has 0 spiro atoms. The third-order valence-corrected chi connectivity index (χ3v) is 0.917. The van der Waals surface area contributed by atoms with Crippen molar-refractivity contribution < 1.29 is 4.74 Å². The van der Waals surface area contributed by atoms with Gasteiger partial charge in [-0.3, -0.25) is 0 Å². The van der Waals surface area contributed by atoms with Crippen molar-refractivity contribution in [2.24, 2.45) is 0 Å². The molecular weight excluding hydrogens is 112 g/mol. The summed E-state index contributed by atoms with van der Waals surface area (Å²) in [4.78, 5) is 0. The molecule has 0 fully saturated rings.